The zero-order valence-corrected chi connectivity index (χ0v) is 13.1. The van der Waals surface area contributed by atoms with Crippen LogP contribution in [0, 0.1) is 6.92 Å². The van der Waals surface area contributed by atoms with E-state index in [2.05, 4.69) is 0 Å². The fourth-order valence-electron chi connectivity index (χ4n) is 2.24. The summed E-state index contributed by atoms with van der Waals surface area (Å²) in [5.41, 5.74) is 1.18. The van der Waals surface area contributed by atoms with Crippen LogP contribution in [0.4, 0.5) is 0 Å². The highest BCUT2D eigenvalue weighted by molar-refractivity contribution is 5.91. The Morgan fingerprint density at radius 1 is 1.04 bits per heavy atom. The Balaban J connectivity index is 2.03. The third-order valence-electron chi connectivity index (χ3n) is 3.22. The second kappa shape index (κ2) is 7.23. The molecule has 0 aromatic heterocycles. The van der Waals surface area contributed by atoms with Crippen molar-refractivity contribution in [2.75, 3.05) is 0 Å². The first-order valence-electron chi connectivity index (χ1n) is 7.13. The quantitative estimate of drug-likeness (QED) is 0.616. The minimum absolute atomic E-state index is 0.0924. The van der Waals surface area contributed by atoms with Gasteiger partial charge in [-0.3, -0.25) is 14.3 Å². The van der Waals surface area contributed by atoms with Crippen molar-refractivity contribution in [1.82, 2.24) is 0 Å². The van der Waals surface area contributed by atoms with Crippen molar-refractivity contribution < 1.29 is 33.3 Å². The van der Waals surface area contributed by atoms with Gasteiger partial charge < -0.3 is 14.2 Å². The van der Waals surface area contributed by atoms with Crippen LogP contribution in [-0.2, 0) is 28.5 Å². The molecule has 0 aliphatic carbocycles. The van der Waals surface area contributed by atoms with Crippen LogP contribution in [0.5, 0.6) is 0 Å². The zero-order chi connectivity index (χ0) is 17.0. The molecule has 0 radical (unpaired) electrons. The van der Waals surface area contributed by atoms with Crippen LogP contribution in [0.15, 0.2) is 24.3 Å². The highest BCUT2D eigenvalue weighted by Crippen LogP contribution is 2.26. The SMILES string of the molecule is CC(=O)OC1O[C@@H](OC(=O)c2ccccc2C)C[C@H]1OC(C)=O. The van der Waals surface area contributed by atoms with E-state index in [9.17, 15) is 14.4 Å². The fourth-order valence-corrected chi connectivity index (χ4v) is 2.24. The number of hydrogen-bond donors (Lipinski definition) is 0. The third kappa shape index (κ3) is 4.53. The summed E-state index contributed by atoms with van der Waals surface area (Å²) in [4.78, 5) is 34.3. The van der Waals surface area contributed by atoms with Crippen LogP contribution in [-0.4, -0.2) is 36.6 Å². The molecule has 1 aromatic carbocycles. The van der Waals surface area contributed by atoms with Crippen LogP contribution < -0.4 is 0 Å². The van der Waals surface area contributed by atoms with Gasteiger partial charge in [-0.05, 0) is 18.6 Å². The van der Waals surface area contributed by atoms with E-state index in [-0.39, 0.29) is 6.42 Å². The molecule has 23 heavy (non-hydrogen) atoms. The average Bonchev–Trinajstić information content (AvgIpc) is 2.79. The van der Waals surface area contributed by atoms with Crippen molar-refractivity contribution in [2.24, 2.45) is 0 Å². The summed E-state index contributed by atoms with van der Waals surface area (Å²) in [5, 5.41) is 0. The molecule has 124 valence electrons. The van der Waals surface area contributed by atoms with E-state index in [1.54, 1.807) is 25.1 Å². The number of esters is 3. The van der Waals surface area contributed by atoms with Gasteiger partial charge in [0.05, 0.1) is 12.0 Å². The first kappa shape index (κ1) is 17.0. The van der Waals surface area contributed by atoms with Crippen LogP contribution in [0.25, 0.3) is 0 Å². The first-order valence-corrected chi connectivity index (χ1v) is 7.13. The van der Waals surface area contributed by atoms with E-state index in [0.717, 1.165) is 5.56 Å². The first-order chi connectivity index (χ1) is 10.9. The summed E-state index contributed by atoms with van der Waals surface area (Å²) in [6.07, 6.45) is -2.78. The van der Waals surface area contributed by atoms with Crippen molar-refractivity contribution in [1.29, 1.82) is 0 Å². The standard InChI is InChI=1S/C16H18O7/c1-9-6-4-5-7-12(9)15(19)22-14-8-13(20-10(2)17)16(23-14)21-11(3)18/h4-7,13-14,16H,8H2,1-3H3/t13-,14-,16?/m1/s1. The highest BCUT2D eigenvalue weighted by atomic mass is 16.8. The van der Waals surface area contributed by atoms with Crippen molar-refractivity contribution in [2.45, 2.75) is 45.9 Å². The van der Waals surface area contributed by atoms with Gasteiger partial charge in [0.2, 0.25) is 12.6 Å². The van der Waals surface area contributed by atoms with Crippen molar-refractivity contribution in [3.05, 3.63) is 35.4 Å². The third-order valence-corrected chi connectivity index (χ3v) is 3.22. The molecule has 1 aromatic rings. The minimum atomic E-state index is -1.09. The molecular formula is C16H18O7. The fraction of sp³-hybridized carbons (Fsp3) is 0.438. The highest BCUT2D eigenvalue weighted by Gasteiger charge is 2.42. The van der Waals surface area contributed by atoms with Gasteiger partial charge >= 0.3 is 17.9 Å². The predicted molar refractivity (Wildman–Crippen MR) is 77.2 cm³/mol. The number of carbonyl (C=O) groups is 3. The van der Waals surface area contributed by atoms with Crippen molar-refractivity contribution in [3.63, 3.8) is 0 Å². The molecule has 1 heterocycles. The Kier molecular flexibility index (Phi) is 5.33. The molecule has 0 saturated carbocycles. The smallest absolute Gasteiger partial charge is 0.340 e. The Hall–Kier alpha value is -2.41. The topological polar surface area (TPSA) is 88.1 Å². The van der Waals surface area contributed by atoms with Crippen LogP contribution >= 0.6 is 0 Å². The maximum atomic E-state index is 12.2. The largest absolute Gasteiger partial charge is 0.456 e. The summed E-state index contributed by atoms with van der Waals surface area (Å²) in [5.74, 6) is -1.68. The van der Waals surface area contributed by atoms with E-state index < -0.39 is 36.6 Å². The molecule has 7 heteroatoms. The second-order valence-electron chi connectivity index (χ2n) is 5.15. The van der Waals surface area contributed by atoms with Gasteiger partial charge in [0.1, 0.15) is 0 Å². The van der Waals surface area contributed by atoms with Gasteiger partial charge in [-0.1, -0.05) is 18.2 Å². The lowest BCUT2D eigenvalue weighted by Crippen LogP contribution is -2.30. The van der Waals surface area contributed by atoms with Crippen LogP contribution in [0.3, 0.4) is 0 Å². The van der Waals surface area contributed by atoms with Gasteiger partial charge in [-0.15, -0.1) is 0 Å². The Bertz CT molecular complexity index is 586. The summed E-state index contributed by atoms with van der Waals surface area (Å²) in [6.45, 7) is 4.23. The number of rotatable bonds is 4. The molecule has 0 N–H and O–H groups in total. The van der Waals surface area contributed by atoms with Crippen molar-refractivity contribution >= 4 is 17.9 Å². The molecule has 1 saturated heterocycles. The normalized spacial score (nSPS) is 23.2. The molecule has 7 nitrogen and oxygen atoms in total. The molecule has 1 fully saturated rings. The summed E-state index contributed by atoms with van der Waals surface area (Å²) in [7, 11) is 0. The van der Waals surface area contributed by atoms with Gasteiger partial charge in [0, 0.05) is 13.8 Å². The monoisotopic (exact) mass is 322 g/mol. The Morgan fingerprint density at radius 3 is 2.30 bits per heavy atom. The summed E-state index contributed by atoms with van der Waals surface area (Å²) >= 11 is 0. The second-order valence-corrected chi connectivity index (χ2v) is 5.15. The maximum absolute atomic E-state index is 12.2. The minimum Gasteiger partial charge on any atom is -0.456 e. The van der Waals surface area contributed by atoms with E-state index in [4.69, 9.17) is 18.9 Å². The lowest BCUT2D eigenvalue weighted by Gasteiger charge is -2.17. The van der Waals surface area contributed by atoms with E-state index >= 15 is 0 Å². The van der Waals surface area contributed by atoms with Gasteiger partial charge in [-0.25, -0.2) is 4.79 Å². The number of hydrogen-bond acceptors (Lipinski definition) is 7. The molecule has 2 rings (SSSR count). The molecule has 0 spiro atoms. The lowest BCUT2D eigenvalue weighted by atomic mass is 10.1. The van der Waals surface area contributed by atoms with Crippen LogP contribution in [0.1, 0.15) is 36.2 Å². The summed E-state index contributed by atoms with van der Waals surface area (Å²) < 4.78 is 20.6. The number of carbonyl (C=O) groups excluding carboxylic acids is 3. The number of benzene rings is 1. The molecule has 1 aliphatic rings. The molecular weight excluding hydrogens is 304 g/mol. The molecule has 3 atom stereocenters. The summed E-state index contributed by atoms with van der Waals surface area (Å²) in [6, 6.07) is 6.96. The van der Waals surface area contributed by atoms with Gasteiger partial charge in [0.15, 0.2) is 6.10 Å². The molecule has 1 unspecified atom stereocenters. The van der Waals surface area contributed by atoms with Crippen LogP contribution in [0.2, 0.25) is 0 Å². The predicted octanol–water partition coefficient (Wildman–Crippen LogP) is 1.72. The van der Waals surface area contributed by atoms with Gasteiger partial charge in [0.25, 0.3) is 0 Å². The zero-order valence-electron chi connectivity index (χ0n) is 13.1. The molecule has 0 bridgehead atoms. The maximum Gasteiger partial charge on any atom is 0.340 e. The number of ether oxygens (including phenoxy) is 4. The van der Waals surface area contributed by atoms with E-state index in [0.29, 0.717) is 5.56 Å². The Morgan fingerprint density at radius 2 is 1.70 bits per heavy atom. The van der Waals surface area contributed by atoms with E-state index in [1.807, 2.05) is 6.07 Å². The van der Waals surface area contributed by atoms with Crippen molar-refractivity contribution in [3.8, 4) is 0 Å². The number of aryl methyl sites for hydroxylation is 1. The molecule has 0 amide bonds. The lowest BCUT2D eigenvalue weighted by molar-refractivity contribution is -0.210. The average molecular weight is 322 g/mol. The molecule has 1 aliphatic heterocycles. The van der Waals surface area contributed by atoms with E-state index in [1.165, 1.54) is 13.8 Å². The Labute approximate surface area is 133 Å². The van der Waals surface area contributed by atoms with Gasteiger partial charge in [-0.2, -0.15) is 0 Å².